The number of ether oxygens (including phenoxy) is 3. The molecule has 9 aliphatic heterocycles. The number of nitrogens with one attached hydrogen (secondary N) is 1. The molecular weight excluding hydrogens is 1610 g/mol. The highest BCUT2D eigenvalue weighted by molar-refractivity contribution is 6.29. The molecule has 3 aromatic carbocycles. The van der Waals surface area contributed by atoms with Gasteiger partial charge in [-0.05, 0) is 217 Å². The van der Waals surface area contributed by atoms with Crippen molar-refractivity contribution in [2.75, 3.05) is 62.3 Å². The van der Waals surface area contributed by atoms with Gasteiger partial charge in [0.15, 0.2) is 16.8 Å². The molecule has 12 fully saturated rings. The van der Waals surface area contributed by atoms with Crippen LogP contribution < -0.4 is 49.0 Å². The van der Waals surface area contributed by atoms with E-state index in [2.05, 4.69) is 40.4 Å². The molecule has 6 bridgehead atoms. The van der Waals surface area contributed by atoms with Crippen LogP contribution in [0.2, 0.25) is 5.15 Å². The number of aromatic nitrogens is 6. The van der Waals surface area contributed by atoms with Crippen LogP contribution in [-0.4, -0.2) is 202 Å². The van der Waals surface area contributed by atoms with E-state index < -0.39 is 34.5 Å². The molecule has 0 spiro atoms. The van der Waals surface area contributed by atoms with Crippen LogP contribution in [0, 0.1) is 0 Å². The molecule has 3 saturated carbocycles. The third-order valence-electron chi connectivity index (χ3n) is 29.7. The van der Waals surface area contributed by atoms with Crippen LogP contribution in [0.25, 0.3) is 33.1 Å². The number of fused-ring (bicyclic) bond motifs is 9. The van der Waals surface area contributed by atoms with E-state index in [9.17, 15) is 43.5 Å². The van der Waals surface area contributed by atoms with E-state index in [1.807, 2.05) is 85.7 Å². The first-order valence-electron chi connectivity index (χ1n) is 47.3. The molecule has 3 unspecified atom stereocenters. The Kier molecular flexibility index (Phi) is 32.7. The van der Waals surface area contributed by atoms with E-state index in [0.29, 0.717) is 132 Å². The highest BCUT2D eigenvalue weighted by atomic mass is 35.5. The summed E-state index contributed by atoms with van der Waals surface area (Å²) in [5.41, 5.74) is 20.6. The summed E-state index contributed by atoms with van der Waals surface area (Å²) in [4.78, 5) is 123. The van der Waals surface area contributed by atoms with Gasteiger partial charge in [0.2, 0.25) is 0 Å². The van der Waals surface area contributed by atoms with Crippen molar-refractivity contribution in [1.29, 1.82) is 0 Å². The highest BCUT2D eigenvalue weighted by Crippen LogP contribution is 2.48. The Morgan fingerprint density at radius 1 is 0.403 bits per heavy atom. The SMILES string of the molecule is CC(=O)OC(C)=O.CCOC(=O)C1(N)CCN(c2nc3ccccc3n(C3C[C@H]4CC[C@@H](C3)N4C3CCCCCCC3)c2=O)CC1.CCOC(=O)C1(N)CCNCC1.Cl.NC1(C(=O)O)CCN(c2nc3ccccc3n(C3C[C@H]4CC[C@@H](C3)N4C3CCCCCCC3)c2=O)CC1.O=c1c(Cl)nc2ccccc2n1C1C[C@H]2CC[C@@H](C1)N2C1CCCCCCC1. The minimum atomic E-state index is -1.23. The van der Waals surface area contributed by atoms with Crippen molar-refractivity contribution in [2.45, 2.75) is 367 Å². The largest absolute Gasteiger partial charge is 0.480 e. The zero-order chi connectivity index (χ0) is 86.5. The fourth-order valence-corrected chi connectivity index (χ4v) is 23.7. The number of carbonyl (C=O) groups excluding carboxylic acids is 4. The Bertz CT molecular complexity index is 4730. The number of rotatable bonds is 13. The lowest BCUT2D eigenvalue weighted by atomic mass is 9.88. The number of para-hydroxylation sites is 6. The maximum Gasteiger partial charge on any atom is 0.326 e. The number of nitrogens with two attached hydrogens (primary N) is 3. The topological polar surface area (TPSA) is 344 Å². The van der Waals surface area contributed by atoms with Gasteiger partial charge in [0.25, 0.3) is 16.7 Å². The summed E-state index contributed by atoms with van der Waals surface area (Å²) in [6, 6.07) is 30.2. The molecule has 0 radical (unpaired) electrons. The summed E-state index contributed by atoms with van der Waals surface area (Å²) in [5.74, 6) is -1.76. The summed E-state index contributed by atoms with van der Waals surface area (Å²) in [5, 5.41) is 12.8. The number of hydrogen-bond acceptors (Lipinski definition) is 23. The molecule has 29 heteroatoms. The van der Waals surface area contributed by atoms with Gasteiger partial charge in [-0.3, -0.25) is 53.1 Å². The minimum absolute atomic E-state index is 0. The van der Waals surface area contributed by atoms with E-state index in [4.69, 9.17) is 48.2 Å². The maximum absolute atomic E-state index is 14.2. The zero-order valence-corrected chi connectivity index (χ0v) is 75.5. The molecule has 12 aliphatic rings. The average Bonchev–Trinajstić information content (AvgIpc) is 1.42. The monoisotopic (exact) mass is 1750 g/mol. The predicted octanol–water partition coefficient (Wildman–Crippen LogP) is 14.1. The average molecular weight is 1750 g/mol. The Hall–Kier alpha value is -7.47. The Morgan fingerprint density at radius 3 is 0.984 bits per heavy atom. The number of carbonyl (C=O) groups is 5. The van der Waals surface area contributed by atoms with Crippen molar-refractivity contribution in [3.8, 4) is 0 Å². The van der Waals surface area contributed by atoms with Gasteiger partial charge in [-0.15, -0.1) is 12.4 Å². The molecule has 6 aromatic rings. The number of aliphatic carboxylic acids is 1. The molecule has 8 N–H and O–H groups in total. The summed E-state index contributed by atoms with van der Waals surface area (Å²) in [6.07, 6.45) is 45.4. The first-order valence-corrected chi connectivity index (χ1v) is 47.7. The molecule has 27 nitrogen and oxygen atoms in total. The molecule has 124 heavy (non-hydrogen) atoms. The summed E-state index contributed by atoms with van der Waals surface area (Å²) in [6.45, 7) is 10.2. The van der Waals surface area contributed by atoms with E-state index in [1.165, 1.54) is 187 Å². The number of piperidine rings is 6. The van der Waals surface area contributed by atoms with Crippen LogP contribution in [0.3, 0.4) is 0 Å². The fourth-order valence-electron chi connectivity index (χ4n) is 23.6. The lowest BCUT2D eigenvalue weighted by Crippen LogP contribution is -2.57. The third kappa shape index (κ3) is 21.7. The van der Waals surface area contributed by atoms with Crippen molar-refractivity contribution in [3.63, 3.8) is 0 Å². The lowest BCUT2D eigenvalue weighted by molar-refractivity contribution is -0.156. The van der Waals surface area contributed by atoms with E-state index in [0.717, 1.165) is 96.8 Å². The Balaban J connectivity index is 0.000000145. The molecule has 9 atom stereocenters. The van der Waals surface area contributed by atoms with Crippen molar-refractivity contribution in [3.05, 3.63) is 109 Å². The van der Waals surface area contributed by atoms with Crippen molar-refractivity contribution in [1.82, 2.24) is 48.7 Å². The standard InChI is InChI=1S/C31H45N5O3.C29H41N5O3.C23H30ClN3O.C8H16N2O2.C4H6O3.ClH/c1-2-39-30(38)31(32)16-18-34(19-17-31)28-29(37)36(27-13-9-8-12-26(27)33-28)25-20-23-14-15-24(21-25)35(23)22-10-6-4-3-5-7-11-22;30-29(28(36)37)14-16-32(17-15-29)26-27(35)34(25-11-7-6-10-24(25)31-26)23-18-21-12-13-22(19-23)33(21)20-8-4-2-1-3-5-9-20;24-22-23(28)27(21-11-7-6-10-20(21)25-22)19-14-17-12-13-18(15-19)26(17)16-8-4-2-1-3-5-9-16;1-2-12-7(11)8(9)3-5-10-6-4-8;1-3(5)7-4(2)6;/h8-9,12-13,22-25H,2-7,10-11,14-21,32H2,1H3;6-7,10-11,20-23H,1-5,8-9,12-19,30H2,(H,36,37);6-7,10-11,16-19H,1-5,8-9,12-15H2;10H,2-6,9H2,1H3;1-2H3;1H/t23-,24+,25?;21-,22+,23?;17-,18+,19?;;;. The van der Waals surface area contributed by atoms with Crippen molar-refractivity contribution >= 4 is 98.6 Å². The Labute approximate surface area is 742 Å². The van der Waals surface area contributed by atoms with Crippen LogP contribution in [-0.2, 0) is 38.2 Å². The van der Waals surface area contributed by atoms with Gasteiger partial charge in [0, 0.05) is 113 Å². The molecule has 3 aromatic heterocycles. The van der Waals surface area contributed by atoms with Gasteiger partial charge < -0.3 is 65.3 Å². The predicted molar refractivity (Wildman–Crippen MR) is 488 cm³/mol. The van der Waals surface area contributed by atoms with Crippen LogP contribution in [0.5, 0.6) is 0 Å². The van der Waals surface area contributed by atoms with Gasteiger partial charge in [0.1, 0.15) is 16.6 Å². The van der Waals surface area contributed by atoms with Crippen molar-refractivity contribution < 1.29 is 43.3 Å². The molecule has 9 saturated heterocycles. The van der Waals surface area contributed by atoms with Gasteiger partial charge in [-0.1, -0.05) is 144 Å². The quantitative estimate of drug-likeness (QED) is 0.0407. The molecule has 0 amide bonds. The summed E-state index contributed by atoms with van der Waals surface area (Å²) < 4.78 is 20.2. The molecule has 3 aliphatic carbocycles. The maximum atomic E-state index is 14.2. The normalized spacial score (nSPS) is 26.9. The van der Waals surface area contributed by atoms with Gasteiger partial charge in [-0.25, -0.2) is 15.0 Å². The first-order chi connectivity index (χ1) is 59.5. The number of hydrogen-bond donors (Lipinski definition) is 5. The summed E-state index contributed by atoms with van der Waals surface area (Å²) >= 11 is 6.23. The number of esters is 4. The van der Waals surface area contributed by atoms with E-state index in [-0.39, 0.29) is 64.3 Å². The van der Waals surface area contributed by atoms with Gasteiger partial charge in [0.05, 0.1) is 46.3 Å². The van der Waals surface area contributed by atoms with Gasteiger partial charge >= 0.3 is 29.8 Å². The van der Waals surface area contributed by atoms with Gasteiger partial charge in [-0.2, -0.15) is 0 Å². The second-order valence-corrected chi connectivity index (χ2v) is 38.0. The second-order valence-electron chi connectivity index (χ2n) is 37.7. The van der Waals surface area contributed by atoms with Crippen LogP contribution in [0.4, 0.5) is 11.6 Å². The number of anilines is 2. The number of benzene rings is 3. The lowest BCUT2D eigenvalue weighted by Gasteiger charge is -2.45. The number of carboxylic acids is 1. The van der Waals surface area contributed by atoms with Crippen LogP contribution in [0.1, 0.15) is 296 Å². The summed E-state index contributed by atoms with van der Waals surface area (Å²) in [7, 11) is 0. The zero-order valence-electron chi connectivity index (χ0n) is 74.0. The Morgan fingerprint density at radius 2 is 0.685 bits per heavy atom. The highest BCUT2D eigenvalue weighted by Gasteiger charge is 2.50. The smallest absolute Gasteiger partial charge is 0.326 e. The van der Waals surface area contributed by atoms with E-state index in [1.54, 1.807) is 13.8 Å². The molecule has 680 valence electrons. The number of halogens is 2. The number of carboxylic acid groups (broad SMARTS) is 1. The first kappa shape index (κ1) is 94.1. The third-order valence-corrected chi connectivity index (χ3v) is 29.9. The second kappa shape index (κ2) is 43.1. The fraction of sp³-hybridized carbons (Fsp3) is 0.695. The van der Waals surface area contributed by atoms with Crippen molar-refractivity contribution in [2.24, 2.45) is 17.2 Å². The molecule has 12 heterocycles. The number of nitrogens with zero attached hydrogens (tertiary/aromatic N) is 11. The van der Waals surface area contributed by atoms with E-state index >= 15 is 0 Å². The minimum Gasteiger partial charge on any atom is -0.480 e. The van der Waals surface area contributed by atoms with Crippen LogP contribution in [0.15, 0.2) is 87.2 Å². The molecular formula is C95H139Cl2N15O12. The molecule has 18 rings (SSSR count). The van der Waals surface area contributed by atoms with Crippen LogP contribution >= 0.6 is 24.0 Å².